The van der Waals surface area contributed by atoms with Crippen LogP contribution in [0, 0.1) is 5.41 Å². The summed E-state index contributed by atoms with van der Waals surface area (Å²) >= 11 is 0. The summed E-state index contributed by atoms with van der Waals surface area (Å²) in [7, 11) is 0. The van der Waals surface area contributed by atoms with Gasteiger partial charge in [0.25, 0.3) is 5.91 Å². The van der Waals surface area contributed by atoms with Gasteiger partial charge in [0.05, 0.1) is 6.61 Å². The zero-order valence-electron chi connectivity index (χ0n) is 16.5. The van der Waals surface area contributed by atoms with Crippen molar-refractivity contribution in [3.63, 3.8) is 0 Å². The molecule has 156 valence electrons. The van der Waals surface area contributed by atoms with Gasteiger partial charge in [-0.3, -0.25) is 19.7 Å². The van der Waals surface area contributed by atoms with E-state index >= 15 is 0 Å². The van der Waals surface area contributed by atoms with Gasteiger partial charge in [0.15, 0.2) is 0 Å². The summed E-state index contributed by atoms with van der Waals surface area (Å²) in [6, 6.07) is 5.26. The number of aliphatic hydroxyl groups excluding tert-OH is 1. The highest BCUT2D eigenvalue weighted by molar-refractivity contribution is 6.05. The van der Waals surface area contributed by atoms with Gasteiger partial charge in [-0.15, -0.1) is 0 Å². The molecule has 0 radical (unpaired) electrons. The number of nitrogens with one attached hydrogen (secondary N) is 3. The van der Waals surface area contributed by atoms with Crippen LogP contribution in [-0.4, -0.2) is 60.0 Å². The number of nitrogens with zero attached hydrogens (tertiary/aromatic N) is 1. The molecule has 29 heavy (non-hydrogen) atoms. The van der Waals surface area contributed by atoms with Crippen LogP contribution in [0.1, 0.15) is 47.2 Å². The maximum Gasteiger partial charge on any atom is 0.255 e. The quantitative estimate of drug-likeness (QED) is 0.497. The topological polar surface area (TPSA) is 111 Å². The molecule has 1 aromatic carbocycles. The van der Waals surface area contributed by atoms with Gasteiger partial charge in [0.2, 0.25) is 11.8 Å². The lowest BCUT2D eigenvalue weighted by Crippen LogP contribution is -2.52. The van der Waals surface area contributed by atoms with Crippen LogP contribution in [0.2, 0.25) is 0 Å². The van der Waals surface area contributed by atoms with Crippen molar-refractivity contribution in [1.82, 2.24) is 20.9 Å². The van der Waals surface area contributed by atoms with Crippen molar-refractivity contribution in [3.8, 4) is 0 Å². The molecule has 2 saturated heterocycles. The third kappa shape index (κ3) is 4.05. The van der Waals surface area contributed by atoms with E-state index in [0.717, 1.165) is 43.6 Å². The Labute approximate surface area is 170 Å². The van der Waals surface area contributed by atoms with Gasteiger partial charge in [-0.25, -0.2) is 0 Å². The number of amides is 3. The Balaban J connectivity index is 1.39. The molecule has 0 aliphatic carbocycles. The van der Waals surface area contributed by atoms with Crippen LogP contribution >= 0.6 is 0 Å². The highest BCUT2D eigenvalue weighted by atomic mass is 16.3. The van der Waals surface area contributed by atoms with Crippen LogP contribution in [0.15, 0.2) is 18.2 Å². The lowest BCUT2D eigenvalue weighted by Gasteiger charge is -2.36. The second-order valence-electron chi connectivity index (χ2n) is 8.40. The van der Waals surface area contributed by atoms with Crippen LogP contribution in [0.3, 0.4) is 0 Å². The summed E-state index contributed by atoms with van der Waals surface area (Å²) in [6.07, 6.45) is 2.52. The minimum Gasteiger partial charge on any atom is -0.396 e. The van der Waals surface area contributed by atoms with Gasteiger partial charge in [-0.2, -0.15) is 0 Å². The van der Waals surface area contributed by atoms with Crippen LogP contribution in [0.5, 0.6) is 0 Å². The molecule has 8 nitrogen and oxygen atoms in total. The normalized spacial score (nSPS) is 23.8. The fourth-order valence-electron chi connectivity index (χ4n) is 4.53. The summed E-state index contributed by atoms with van der Waals surface area (Å²) in [5, 5.41) is 18.9. The van der Waals surface area contributed by atoms with Crippen molar-refractivity contribution in [3.05, 3.63) is 34.9 Å². The standard InChI is InChI=1S/C21H28N4O4/c26-13-21(5-7-22-8-6-21)12-23-10-14-1-2-15-11-25(20(29)16(15)9-14)17-3-4-18(27)24-19(17)28/h1-2,9,17,22-23,26H,3-8,10-13H2,(H,24,27,28). The van der Waals surface area contributed by atoms with Crippen molar-refractivity contribution >= 4 is 17.7 Å². The van der Waals surface area contributed by atoms with Crippen LogP contribution in [-0.2, 0) is 22.7 Å². The van der Waals surface area contributed by atoms with Crippen molar-refractivity contribution in [2.45, 2.75) is 44.8 Å². The molecule has 4 rings (SSSR count). The maximum atomic E-state index is 12.9. The predicted molar refractivity (Wildman–Crippen MR) is 106 cm³/mol. The van der Waals surface area contributed by atoms with E-state index in [9.17, 15) is 19.5 Å². The van der Waals surface area contributed by atoms with E-state index < -0.39 is 6.04 Å². The van der Waals surface area contributed by atoms with Crippen molar-refractivity contribution in [2.75, 3.05) is 26.2 Å². The molecule has 1 aromatic rings. The molecular weight excluding hydrogens is 372 g/mol. The summed E-state index contributed by atoms with van der Waals surface area (Å²) in [4.78, 5) is 38.0. The molecule has 1 unspecified atom stereocenters. The average molecular weight is 400 g/mol. The van der Waals surface area contributed by atoms with Crippen LogP contribution < -0.4 is 16.0 Å². The van der Waals surface area contributed by atoms with Gasteiger partial charge in [-0.1, -0.05) is 12.1 Å². The van der Waals surface area contributed by atoms with Crippen molar-refractivity contribution < 1.29 is 19.5 Å². The highest BCUT2D eigenvalue weighted by Gasteiger charge is 2.39. The van der Waals surface area contributed by atoms with Crippen LogP contribution in [0.4, 0.5) is 0 Å². The van der Waals surface area contributed by atoms with E-state index in [1.807, 2.05) is 18.2 Å². The average Bonchev–Trinajstić information content (AvgIpc) is 3.05. The number of rotatable bonds is 6. The molecular formula is C21H28N4O4. The molecule has 8 heteroatoms. The lowest BCUT2D eigenvalue weighted by molar-refractivity contribution is -0.136. The van der Waals surface area contributed by atoms with Gasteiger partial charge in [0, 0.05) is 37.0 Å². The molecule has 4 N–H and O–H groups in total. The van der Waals surface area contributed by atoms with E-state index in [0.29, 0.717) is 25.1 Å². The van der Waals surface area contributed by atoms with Gasteiger partial charge < -0.3 is 20.6 Å². The fourth-order valence-corrected chi connectivity index (χ4v) is 4.53. The monoisotopic (exact) mass is 400 g/mol. The van der Waals surface area contributed by atoms with Crippen LogP contribution in [0.25, 0.3) is 0 Å². The Bertz CT molecular complexity index is 819. The van der Waals surface area contributed by atoms with E-state index in [2.05, 4.69) is 16.0 Å². The third-order valence-electron chi connectivity index (χ3n) is 6.42. The molecule has 3 heterocycles. The molecule has 2 fully saturated rings. The second kappa shape index (κ2) is 8.22. The number of aliphatic hydroxyl groups is 1. The number of carbonyl (C=O) groups excluding carboxylic acids is 3. The van der Waals surface area contributed by atoms with E-state index in [1.165, 1.54) is 0 Å². The summed E-state index contributed by atoms with van der Waals surface area (Å²) in [5.74, 6) is -0.819. The first kappa shape index (κ1) is 20.0. The zero-order valence-corrected chi connectivity index (χ0v) is 16.5. The highest BCUT2D eigenvalue weighted by Crippen LogP contribution is 2.29. The Kier molecular flexibility index (Phi) is 5.67. The minimum absolute atomic E-state index is 0.0830. The molecule has 0 spiro atoms. The van der Waals surface area contributed by atoms with Crippen molar-refractivity contribution in [2.24, 2.45) is 5.41 Å². The molecule has 0 bridgehead atoms. The van der Waals surface area contributed by atoms with E-state index in [1.54, 1.807) is 4.90 Å². The Morgan fingerprint density at radius 2 is 2.00 bits per heavy atom. The summed E-state index contributed by atoms with van der Waals surface area (Å²) < 4.78 is 0. The largest absolute Gasteiger partial charge is 0.396 e. The van der Waals surface area contributed by atoms with Gasteiger partial charge in [0.1, 0.15) is 6.04 Å². The molecule has 3 aliphatic rings. The zero-order chi connectivity index (χ0) is 20.4. The lowest BCUT2D eigenvalue weighted by atomic mass is 9.79. The number of piperidine rings is 2. The smallest absolute Gasteiger partial charge is 0.255 e. The Morgan fingerprint density at radius 1 is 1.21 bits per heavy atom. The van der Waals surface area contributed by atoms with Gasteiger partial charge >= 0.3 is 0 Å². The first-order chi connectivity index (χ1) is 14.0. The number of benzene rings is 1. The first-order valence-corrected chi connectivity index (χ1v) is 10.3. The number of hydrogen-bond donors (Lipinski definition) is 4. The molecule has 0 saturated carbocycles. The second-order valence-corrected chi connectivity index (χ2v) is 8.40. The fraction of sp³-hybridized carbons (Fsp3) is 0.571. The predicted octanol–water partition coefficient (Wildman–Crippen LogP) is -0.101. The Morgan fingerprint density at radius 3 is 2.72 bits per heavy atom. The minimum atomic E-state index is -0.585. The molecule has 3 amide bonds. The number of carbonyl (C=O) groups is 3. The third-order valence-corrected chi connectivity index (χ3v) is 6.42. The van der Waals surface area contributed by atoms with E-state index in [-0.39, 0.29) is 36.2 Å². The van der Waals surface area contributed by atoms with E-state index in [4.69, 9.17) is 0 Å². The number of hydrogen-bond acceptors (Lipinski definition) is 6. The summed E-state index contributed by atoms with van der Waals surface area (Å²) in [6.45, 7) is 3.77. The Hall–Kier alpha value is -2.29. The SMILES string of the molecule is O=C1CCC(N2Cc3ccc(CNCC4(CO)CCNCC4)cc3C2=O)C(=O)N1. The first-order valence-electron chi connectivity index (χ1n) is 10.3. The number of imide groups is 1. The molecule has 0 aromatic heterocycles. The van der Waals surface area contributed by atoms with Gasteiger partial charge in [-0.05, 0) is 49.5 Å². The molecule has 3 aliphatic heterocycles. The number of fused-ring (bicyclic) bond motifs is 1. The molecule has 1 atom stereocenters. The maximum absolute atomic E-state index is 12.9. The van der Waals surface area contributed by atoms with Crippen molar-refractivity contribution in [1.29, 1.82) is 0 Å². The summed E-state index contributed by atoms with van der Waals surface area (Å²) in [5.41, 5.74) is 2.46.